The lowest BCUT2D eigenvalue weighted by molar-refractivity contribution is -0.140. The molecular weight excluding hydrogens is 569 g/mol. The van der Waals surface area contributed by atoms with Crippen LogP contribution in [0.3, 0.4) is 0 Å². The Morgan fingerprint density at radius 3 is 2.25 bits per heavy atom. The number of carbonyl (C=O) groups excluding carboxylic acids is 2. The molecule has 0 saturated heterocycles. The van der Waals surface area contributed by atoms with Gasteiger partial charge in [0.15, 0.2) is 0 Å². The number of carbonyl (C=O) groups is 2. The number of sulfonamides is 1. The third kappa shape index (κ3) is 7.56. The Kier molecular flexibility index (Phi) is 11.0. The van der Waals surface area contributed by atoms with Gasteiger partial charge in [-0.25, -0.2) is 8.42 Å². The first-order valence-corrected chi connectivity index (χ1v) is 15.3. The highest BCUT2D eigenvalue weighted by atomic mass is 35.5. The van der Waals surface area contributed by atoms with Gasteiger partial charge in [-0.05, 0) is 68.1 Å². The molecule has 0 aliphatic heterocycles. The molecule has 0 radical (unpaired) electrons. The largest absolute Gasteiger partial charge is 0.354 e. The van der Waals surface area contributed by atoms with Crippen LogP contribution in [-0.2, 0) is 26.2 Å². The highest BCUT2D eigenvalue weighted by molar-refractivity contribution is 7.92. The molecule has 1 atom stereocenters. The topological polar surface area (TPSA) is 86.8 Å². The van der Waals surface area contributed by atoms with Gasteiger partial charge < -0.3 is 10.2 Å². The van der Waals surface area contributed by atoms with Gasteiger partial charge in [0.25, 0.3) is 10.0 Å². The minimum atomic E-state index is -4.19. The fraction of sp³-hybridized carbons (Fsp3) is 0.333. The van der Waals surface area contributed by atoms with Crippen LogP contribution in [0.2, 0.25) is 10.0 Å². The molecule has 40 heavy (non-hydrogen) atoms. The molecule has 1 N–H and O–H groups in total. The molecule has 7 nitrogen and oxygen atoms in total. The van der Waals surface area contributed by atoms with Crippen molar-refractivity contribution in [1.29, 1.82) is 0 Å². The van der Waals surface area contributed by atoms with E-state index < -0.39 is 28.5 Å². The number of amides is 2. The second-order valence-electron chi connectivity index (χ2n) is 9.58. The van der Waals surface area contributed by atoms with Crippen molar-refractivity contribution >= 4 is 50.7 Å². The molecule has 0 aromatic heterocycles. The zero-order valence-electron chi connectivity index (χ0n) is 23.2. The number of hydrogen-bond acceptors (Lipinski definition) is 4. The van der Waals surface area contributed by atoms with Crippen molar-refractivity contribution < 1.29 is 18.0 Å². The van der Waals surface area contributed by atoms with E-state index in [1.54, 1.807) is 55.5 Å². The molecular formula is C30H35Cl2N3O4S. The summed E-state index contributed by atoms with van der Waals surface area (Å²) in [6.07, 6.45) is 1.06. The average molecular weight is 605 g/mol. The lowest BCUT2D eigenvalue weighted by Gasteiger charge is -2.33. The first-order valence-electron chi connectivity index (χ1n) is 13.2. The molecule has 0 bridgehead atoms. The van der Waals surface area contributed by atoms with Crippen molar-refractivity contribution in [1.82, 2.24) is 10.2 Å². The van der Waals surface area contributed by atoms with Crippen LogP contribution in [0.5, 0.6) is 0 Å². The maximum absolute atomic E-state index is 14.1. The summed E-state index contributed by atoms with van der Waals surface area (Å²) in [5, 5.41) is 3.64. The smallest absolute Gasteiger partial charge is 0.264 e. The third-order valence-electron chi connectivity index (χ3n) is 6.56. The van der Waals surface area contributed by atoms with E-state index in [1.165, 1.54) is 23.1 Å². The fourth-order valence-corrected chi connectivity index (χ4v) is 6.13. The Morgan fingerprint density at radius 1 is 0.950 bits per heavy atom. The van der Waals surface area contributed by atoms with Crippen molar-refractivity contribution in [3.63, 3.8) is 0 Å². The number of hydrogen-bond donors (Lipinski definition) is 1. The minimum absolute atomic E-state index is 0.0313. The van der Waals surface area contributed by atoms with Gasteiger partial charge in [0.05, 0.1) is 10.6 Å². The van der Waals surface area contributed by atoms with Crippen molar-refractivity contribution in [2.45, 2.75) is 58.0 Å². The molecule has 3 aromatic carbocycles. The summed E-state index contributed by atoms with van der Waals surface area (Å²) < 4.78 is 29.1. The molecule has 0 spiro atoms. The number of nitrogens with one attached hydrogen (secondary N) is 1. The van der Waals surface area contributed by atoms with Crippen LogP contribution in [0, 0.1) is 13.8 Å². The number of aryl methyl sites for hydroxylation is 2. The summed E-state index contributed by atoms with van der Waals surface area (Å²) in [5.41, 5.74) is 2.45. The van der Waals surface area contributed by atoms with Crippen LogP contribution in [-0.4, -0.2) is 44.3 Å². The second-order valence-corrected chi connectivity index (χ2v) is 12.3. The predicted molar refractivity (Wildman–Crippen MR) is 161 cm³/mol. The van der Waals surface area contributed by atoms with Crippen LogP contribution < -0.4 is 9.62 Å². The van der Waals surface area contributed by atoms with Gasteiger partial charge in [-0.1, -0.05) is 79.0 Å². The van der Waals surface area contributed by atoms with Gasteiger partial charge in [0.2, 0.25) is 11.8 Å². The normalized spacial score (nSPS) is 12.1. The van der Waals surface area contributed by atoms with Gasteiger partial charge in [0.1, 0.15) is 12.6 Å². The van der Waals surface area contributed by atoms with Gasteiger partial charge in [-0.15, -0.1) is 0 Å². The number of anilines is 1. The van der Waals surface area contributed by atoms with Crippen molar-refractivity contribution in [3.8, 4) is 0 Å². The number of benzene rings is 3. The van der Waals surface area contributed by atoms with Crippen molar-refractivity contribution in [3.05, 3.63) is 93.5 Å². The molecule has 0 heterocycles. The SMILES string of the molecule is CCCNC(=O)[C@@H](CC)N(Cc1ccccc1Cl)C(=O)CN(c1cc(Cl)ccc1C)S(=O)(=O)c1ccc(C)cc1. The first kappa shape index (κ1) is 31.5. The van der Waals surface area contributed by atoms with Crippen LogP contribution >= 0.6 is 23.2 Å². The quantitative estimate of drug-likeness (QED) is 0.269. The van der Waals surface area contributed by atoms with Crippen LogP contribution in [0.1, 0.15) is 43.4 Å². The van der Waals surface area contributed by atoms with Crippen LogP contribution in [0.4, 0.5) is 5.69 Å². The van der Waals surface area contributed by atoms with E-state index in [0.29, 0.717) is 34.1 Å². The number of rotatable bonds is 12. The molecule has 0 aliphatic carbocycles. The Bertz CT molecular complexity index is 1450. The Morgan fingerprint density at radius 2 is 1.62 bits per heavy atom. The zero-order chi connectivity index (χ0) is 29.4. The standard InChI is InChI=1S/C30H35Cl2N3O4S/c1-5-17-33-30(37)27(6-2)34(19-23-9-7-8-10-26(23)32)29(36)20-35(28-18-24(31)14-13-22(28)4)40(38,39)25-15-11-21(3)12-16-25/h7-16,18,27H,5-6,17,19-20H2,1-4H3,(H,33,37)/t27-/m1/s1. The lowest BCUT2D eigenvalue weighted by Crippen LogP contribution is -2.52. The van der Waals surface area contributed by atoms with E-state index in [-0.39, 0.29) is 23.0 Å². The molecule has 2 amide bonds. The fourth-order valence-electron chi connectivity index (χ4n) is 4.30. The highest BCUT2D eigenvalue weighted by Crippen LogP contribution is 2.30. The molecule has 0 unspecified atom stereocenters. The number of halogens is 2. The van der Waals surface area contributed by atoms with E-state index >= 15 is 0 Å². The van der Waals surface area contributed by atoms with Crippen LogP contribution in [0.25, 0.3) is 0 Å². The average Bonchev–Trinajstić information content (AvgIpc) is 2.93. The minimum Gasteiger partial charge on any atom is -0.354 e. The maximum Gasteiger partial charge on any atom is 0.264 e. The van der Waals surface area contributed by atoms with Crippen molar-refractivity contribution in [2.75, 3.05) is 17.4 Å². The molecule has 0 saturated carbocycles. The summed E-state index contributed by atoms with van der Waals surface area (Å²) >= 11 is 12.7. The molecule has 10 heteroatoms. The zero-order valence-corrected chi connectivity index (χ0v) is 25.5. The predicted octanol–water partition coefficient (Wildman–Crippen LogP) is 6.14. The van der Waals surface area contributed by atoms with E-state index in [2.05, 4.69) is 5.32 Å². The molecule has 0 fully saturated rings. The Balaban J connectivity index is 2.11. The van der Waals surface area contributed by atoms with E-state index in [4.69, 9.17) is 23.2 Å². The first-order chi connectivity index (χ1) is 19.0. The number of nitrogens with zero attached hydrogens (tertiary/aromatic N) is 2. The second kappa shape index (κ2) is 14.0. The van der Waals surface area contributed by atoms with E-state index in [0.717, 1.165) is 16.3 Å². The summed E-state index contributed by atoms with van der Waals surface area (Å²) in [4.78, 5) is 28.7. The van der Waals surface area contributed by atoms with Gasteiger partial charge in [0, 0.05) is 23.1 Å². The summed E-state index contributed by atoms with van der Waals surface area (Å²) in [6, 6.07) is 17.5. The lowest BCUT2D eigenvalue weighted by atomic mass is 10.1. The van der Waals surface area contributed by atoms with Gasteiger partial charge in [-0.3, -0.25) is 13.9 Å². The molecule has 214 valence electrons. The summed E-state index contributed by atoms with van der Waals surface area (Å²) in [7, 11) is -4.19. The molecule has 3 aromatic rings. The van der Waals surface area contributed by atoms with Crippen molar-refractivity contribution in [2.24, 2.45) is 0 Å². The Hall–Kier alpha value is -3.07. The van der Waals surface area contributed by atoms with E-state index in [1.807, 2.05) is 20.8 Å². The van der Waals surface area contributed by atoms with E-state index in [9.17, 15) is 18.0 Å². The van der Waals surface area contributed by atoms with Crippen LogP contribution in [0.15, 0.2) is 71.6 Å². The van der Waals surface area contributed by atoms with Gasteiger partial charge in [-0.2, -0.15) is 0 Å². The maximum atomic E-state index is 14.1. The molecule has 0 aliphatic rings. The molecule has 3 rings (SSSR count). The third-order valence-corrected chi connectivity index (χ3v) is 8.94. The monoisotopic (exact) mass is 603 g/mol. The summed E-state index contributed by atoms with van der Waals surface area (Å²) in [5.74, 6) is -0.856. The summed E-state index contributed by atoms with van der Waals surface area (Å²) in [6.45, 7) is 7.31. The highest BCUT2D eigenvalue weighted by Gasteiger charge is 2.34. The van der Waals surface area contributed by atoms with Gasteiger partial charge >= 0.3 is 0 Å². The Labute approximate surface area is 247 Å².